The van der Waals surface area contributed by atoms with Gasteiger partial charge in [0.15, 0.2) is 0 Å². The van der Waals surface area contributed by atoms with E-state index in [1.807, 2.05) is 0 Å². The quantitative estimate of drug-likeness (QED) is 0.290. The van der Waals surface area contributed by atoms with Gasteiger partial charge in [0.25, 0.3) is 0 Å². The van der Waals surface area contributed by atoms with Crippen LogP contribution in [-0.4, -0.2) is 43.7 Å². The van der Waals surface area contributed by atoms with Gasteiger partial charge in [0.05, 0.1) is 0 Å². The van der Waals surface area contributed by atoms with Crippen molar-refractivity contribution in [2.75, 3.05) is 32.7 Å². The monoisotopic (exact) mass is 355 g/mol. The number of nitrogens with zero attached hydrogens (tertiary/aromatic N) is 1. The van der Waals surface area contributed by atoms with Crippen LogP contribution in [0.4, 0.5) is 0 Å². The average Bonchev–Trinajstić information content (AvgIpc) is 2.62. The van der Waals surface area contributed by atoms with Crippen molar-refractivity contribution in [2.45, 2.75) is 110 Å². The Kier molecular flexibility index (Phi) is 20.1. The third-order valence-corrected chi connectivity index (χ3v) is 5.21. The van der Waals surface area contributed by atoms with E-state index in [9.17, 15) is 0 Å². The normalized spacial score (nSPS) is 12.8. The van der Waals surface area contributed by atoms with E-state index in [0.717, 1.165) is 13.1 Å². The smallest absolute Gasteiger partial charge is 0.0192 e. The summed E-state index contributed by atoms with van der Waals surface area (Å²) in [6.07, 6.45) is 17.7. The summed E-state index contributed by atoms with van der Waals surface area (Å²) in [6.45, 7) is 12.3. The maximum absolute atomic E-state index is 5.83. The van der Waals surface area contributed by atoms with Crippen LogP contribution in [0.3, 0.4) is 0 Å². The van der Waals surface area contributed by atoms with Crippen LogP contribution < -0.4 is 11.1 Å². The molecular weight excluding hydrogens is 306 g/mol. The molecule has 0 spiro atoms. The van der Waals surface area contributed by atoms with Crippen LogP contribution in [0.15, 0.2) is 0 Å². The maximum atomic E-state index is 5.83. The Hall–Kier alpha value is -0.120. The SMILES string of the molecule is CCCCCCCCNC(CC)CN(CCN)CCCCCCCC. The van der Waals surface area contributed by atoms with Gasteiger partial charge in [-0.1, -0.05) is 85.0 Å². The lowest BCUT2D eigenvalue weighted by atomic mass is 10.1. The van der Waals surface area contributed by atoms with Crippen LogP contribution in [-0.2, 0) is 0 Å². The molecule has 3 heteroatoms. The van der Waals surface area contributed by atoms with Crippen molar-refractivity contribution in [3.05, 3.63) is 0 Å². The Morgan fingerprint density at radius 3 is 1.84 bits per heavy atom. The predicted octanol–water partition coefficient (Wildman–Crippen LogP) is 5.34. The minimum absolute atomic E-state index is 0.627. The lowest BCUT2D eigenvalue weighted by molar-refractivity contribution is 0.238. The Bertz CT molecular complexity index is 245. The molecule has 0 saturated heterocycles. The fourth-order valence-corrected chi connectivity index (χ4v) is 3.45. The fraction of sp³-hybridized carbons (Fsp3) is 1.00. The molecule has 25 heavy (non-hydrogen) atoms. The van der Waals surface area contributed by atoms with E-state index in [1.54, 1.807) is 0 Å². The molecule has 0 bridgehead atoms. The Morgan fingerprint density at radius 1 is 0.720 bits per heavy atom. The van der Waals surface area contributed by atoms with Crippen LogP contribution in [0.1, 0.15) is 104 Å². The standard InChI is InChI=1S/C22H49N3/c1-4-7-9-11-13-15-18-24-22(6-3)21-25(20-17-23)19-16-14-12-10-8-5-2/h22,24H,4-21,23H2,1-3H3. The van der Waals surface area contributed by atoms with Gasteiger partial charge in [-0.05, 0) is 32.4 Å². The minimum atomic E-state index is 0.627. The lowest BCUT2D eigenvalue weighted by Crippen LogP contribution is -2.43. The average molecular weight is 356 g/mol. The van der Waals surface area contributed by atoms with Gasteiger partial charge < -0.3 is 16.0 Å². The number of nitrogens with two attached hydrogens (primary N) is 1. The zero-order valence-electron chi connectivity index (χ0n) is 17.8. The molecule has 0 aromatic heterocycles. The van der Waals surface area contributed by atoms with E-state index in [1.165, 1.54) is 103 Å². The number of unbranched alkanes of at least 4 members (excludes halogenated alkanes) is 10. The van der Waals surface area contributed by atoms with Gasteiger partial charge in [-0.3, -0.25) is 0 Å². The van der Waals surface area contributed by atoms with Crippen molar-refractivity contribution in [2.24, 2.45) is 5.73 Å². The summed E-state index contributed by atoms with van der Waals surface area (Å²) in [5.74, 6) is 0. The van der Waals surface area contributed by atoms with Gasteiger partial charge in [-0.15, -0.1) is 0 Å². The topological polar surface area (TPSA) is 41.3 Å². The summed E-state index contributed by atoms with van der Waals surface area (Å²) in [5, 5.41) is 3.79. The molecule has 0 rings (SSSR count). The molecule has 0 aromatic carbocycles. The third-order valence-electron chi connectivity index (χ3n) is 5.21. The second kappa shape index (κ2) is 20.2. The van der Waals surface area contributed by atoms with Crippen LogP contribution >= 0.6 is 0 Å². The highest BCUT2D eigenvalue weighted by Crippen LogP contribution is 2.07. The maximum Gasteiger partial charge on any atom is 0.0192 e. The molecule has 0 aliphatic heterocycles. The van der Waals surface area contributed by atoms with E-state index in [0.29, 0.717) is 6.04 Å². The highest BCUT2D eigenvalue weighted by Gasteiger charge is 2.11. The molecule has 0 radical (unpaired) electrons. The van der Waals surface area contributed by atoms with Crippen molar-refractivity contribution in [3.63, 3.8) is 0 Å². The molecule has 3 N–H and O–H groups in total. The summed E-state index contributed by atoms with van der Waals surface area (Å²) in [6, 6.07) is 0.627. The summed E-state index contributed by atoms with van der Waals surface area (Å²) in [7, 11) is 0. The van der Waals surface area contributed by atoms with Crippen molar-refractivity contribution in [1.29, 1.82) is 0 Å². The van der Waals surface area contributed by atoms with Gasteiger partial charge in [0.1, 0.15) is 0 Å². The van der Waals surface area contributed by atoms with Crippen molar-refractivity contribution in [3.8, 4) is 0 Å². The van der Waals surface area contributed by atoms with E-state index in [4.69, 9.17) is 5.73 Å². The molecule has 0 saturated carbocycles. The van der Waals surface area contributed by atoms with Gasteiger partial charge in [0, 0.05) is 25.7 Å². The number of hydrogen-bond acceptors (Lipinski definition) is 3. The molecule has 0 aliphatic carbocycles. The number of nitrogens with one attached hydrogen (secondary N) is 1. The summed E-state index contributed by atoms with van der Waals surface area (Å²) in [5.41, 5.74) is 5.83. The molecule has 1 unspecified atom stereocenters. The summed E-state index contributed by atoms with van der Waals surface area (Å²) < 4.78 is 0. The Balaban J connectivity index is 3.82. The molecule has 0 amide bonds. The minimum Gasteiger partial charge on any atom is -0.329 e. The van der Waals surface area contributed by atoms with Crippen molar-refractivity contribution < 1.29 is 0 Å². The first-order chi connectivity index (χ1) is 12.3. The molecule has 0 aromatic rings. The zero-order chi connectivity index (χ0) is 18.6. The van der Waals surface area contributed by atoms with Crippen molar-refractivity contribution >= 4 is 0 Å². The molecule has 0 fully saturated rings. The van der Waals surface area contributed by atoms with Crippen LogP contribution in [0, 0.1) is 0 Å². The van der Waals surface area contributed by atoms with E-state index < -0.39 is 0 Å². The summed E-state index contributed by atoms with van der Waals surface area (Å²) in [4.78, 5) is 2.59. The van der Waals surface area contributed by atoms with Crippen molar-refractivity contribution in [1.82, 2.24) is 10.2 Å². The summed E-state index contributed by atoms with van der Waals surface area (Å²) >= 11 is 0. The predicted molar refractivity (Wildman–Crippen MR) is 114 cm³/mol. The van der Waals surface area contributed by atoms with Crippen LogP contribution in [0.2, 0.25) is 0 Å². The van der Waals surface area contributed by atoms with Crippen LogP contribution in [0.5, 0.6) is 0 Å². The van der Waals surface area contributed by atoms with Gasteiger partial charge in [-0.2, -0.15) is 0 Å². The highest BCUT2D eigenvalue weighted by molar-refractivity contribution is 4.71. The molecule has 0 heterocycles. The molecule has 3 nitrogen and oxygen atoms in total. The van der Waals surface area contributed by atoms with Gasteiger partial charge in [-0.25, -0.2) is 0 Å². The molecule has 0 aliphatic rings. The molecule has 1 atom stereocenters. The van der Waals surface area contributed by atoms with E-state index in [2.05, 4.69) is 31.0 Å². The zero-order valence-corrected chi connectivity index (χ0v) is 17.8. The fourth-order valence-electron chi connectivity index (χ4n) is 3.45. The molecule has 152 valence electrons. The first-order valence-corrected chi connectivity index (χ1v) is 11.4. The first kappa shape index (κ1) is 24.9. The third kappa shape index (κ3) is 17.1. The van der Waals surface area contributed by atoms with Gasteiger partial charge in [0.2, 0.25) is 0 Å². The van der Waals surface area contributed by atoms with Gasteiger partial charge >= 0.3 is 0 Å². The Morgan fingerprint density at radius 2 is 1.28 bits per heavy atom. The van der Waals surface area contributed by atoms with E-state index in [-0.39, 0.29) is 0 Å². The first-order valence-electron chi connectivity index (χ1n) is 11.4. The number of hydrogen-bond donors (Lipinski definition) is 2. The second-order valence-electron chi connectivity index (χ2n) is 7.68. The van der Waals surface area contributed by atoms with E-state index >= 15 is 0 Å². The second-order valence-corrected chi connectivity index (χ2v) is 7.68. The molecular formula is C22H49N3. The highest BCUT2D eigenvalue weighted by atomic mass is 15.1. The largest absolute Gasteiger partial charge is 0.329 e. The van der Waals surface area contributed by atoms with Crippen LogP contribution in [0.25, 0.3) is 0 Å². The lowest BCUT2D eigenvalue weighted by Gasteiger charge is -2.27. The number of rotatable bonds is 20. The Labute approximate surface area is 159 Å².